The molecule has 0 amide bonds. The molecule has 7 nitrogen and oxygen atoms in total. The van der Waals surface area contributed by atoms with Gasteiger partial charge in [0.05, 0.1) is 25.4 Å². The summed E-state index contributed by atoms with van der Waals surface area (Å²) in [4.78, 5) is 14.9. The summed E-state index contributed by atoms with van der Waals surface area (Å²) in [5.41, 5.74) is 0. The lowest BCUT2D eigenvalue weighted by Gasteiger charge is -2.27. The Morgan fingerprint density at radius 3 is 2.76 bits per heavy atom. The number of morpholine rings is 1. The molecule has 1 N–H and O–H groups in total. The zero-order chi connectivity index (χ0) is 14.7. The molecule has 8 heteroatoms. The Hall–Kier alpha value is -1.18. The minimum absolute atomic E-state index is 0.142. The molecule has 1 aromatic heterocycles. The van der Waals surface area contributed by atoms with Crippen molar-refractivity contribution in [2.75, 3.05) is 43.1 Å². The van der Waals surface area contributed by atoms with Crippen LogP contribution < -0.4 is 10.2 Å². The van der Waals surface area contributed by atoms with Gasteiger partial charge >= 0.3 is 0 Å². The van der Waals surface area contributed by atoms with E-state index in [-0.39, 0.29) is 17.4 Å². The topological polar surface area (TPSA) is 72.4 Å². The van der Waals surface area contributed by atoms with E-state index < -0.39 is 0 Å². The molecule has 0 saturated carbocycles. The number of hydrogen-bond acceptors (Lipinski definition) is 7. The van der Waals surface area contributed by atoms with E-state index in [1.807, 2.05) is 0 Å². The zero-order valence-electron chi connectivity index (χ0n) is 12.1. The van der Waals surface area contributed by atoms with Gasteiger partial charge in [0.15, 0.2) is 0 Å². The fourth-order valence-corrected chi connectivity index (χ4v) is 2.76. The first-order chi connectivity index (χ1) is 10.2. The van der Waals surface area contributed by atoms with Gasteiger partial charge in [0, 0.05) is 19.7 Å². The minimum atomic E-state index is 0.142. The maximum Gasteiger partial charge on any atom is 0.231 e. The van der Waals surface area contributed by atoms with E-state index in [0.29, 0.717) is 25.1 Å². The molecule has 2 unspecified atom stereocenters. The minimum Gasteiger partial charge on any atom is -0.378 e. The summed E-state index contributed by atoms with van der Waals surface area (Å²) in [6, 6.07) is 0.142. The third-order valence-electron chi connectivity index (χ3n) is 3.77. The molecular weight excluding hydrogens is 294 g/mol. The molecule has 0 bridgehead atoms. The Balaban J connectivity index is 1.70. The second kappa shape index (κ2) is 6.72. The predicted octanol–water partition coefficient (Wildman–Crippen LogP) is 1.34. The third kappa shape index (κ3) is 3.72. The average molecular weight is 314 g/mol. The van der Waals surface area contributed by atoms with E-state index in [2.05, 4.69) is 32.1 Å². The van der Waals surface area contributed by atoms with Crippen molar-refractivity contribution in [2.45, 2.75) is 31.9 Å². The summed E-state index contributed by atoms with van der Waals surface area (Å²) in [6.45, 7) is 5.79. The van der Waals surface area contributed by atoms with Crippen molar-refractivity contribution in [3.8, 4) is 0 Å². The van der Waals surface area contributed by atoms with Crippen LogP contribution >= 0.6 is 11.6 Å². The van der Waals surface area contributed by atoms with Crippen LogP contribution in [0.15, 0.2) is 0 Å². The molecule has 2 aliphatic rings. The van der Waals surface area contributed by atoms with Gasteiger partial charge in [-0.25, -0.2) is 0 Å². The van der Waals surface area contributed by atoms with E-state index >= 15 is 0 Å². The van der Waals surface area contributed by atoms with Gasteiger partial charge in [0.1, 0.15) is 0 Å². The third-order valence-corrected chi connectivity index (χ3v) is 3.94. The molecule has 116 valence electrons. The zero-order valence-corrected chi connectivity index (χ0v) is 12.8. The summed E-state index contributed by atoms with van der Waals surface area (Å²) in [6.07, 6.45) is 2.36. The van der Waals surface area contributed by atoms with Crippen LogP contribution in [0.25, 0.3) is 0 Å². The molecule has 3 heterocycles. The van der Waals surface area contributed by atoms with Crippen LogP contribution in [-0.4, -0.2) is 60.0 Å². The smallest absolute Gasteiger partial charge is 0.231 e. The van der Waals surface area contributed by atoms with E-state index in [1.54, 1.807) is 0 Å². The monoisotopic (exact) mass is 313 g/mol. The van der Waals surface area contributed by atoms with Crippen molar-refractivity contribution >= 4 is 23.5 Å². The molecule has 2 aliphatic heterocycles. The Kier molecular flexibility index (Phi) is 4.72. The maximum absolute atomic E-state index is 6.02. The Morgan fingerprint density at radius 1 is 1.24 bits per heavy atom. The number of halogens is 1. The van der Waals surface area contributed by atoms with Gasteiger partial charge in [-0.2, -0.15) is 15.0 Å². The van der Waals surface area contributed by atoms with Gasteiger partial charge in [0.2, 0.25) is 17.2 Å². The predicted molar refractivity (Wildman–Crippen MR) is 79.9 cm³/mol. The van der Waals surface area contributed by atoms with Crippen LogP contribution in [0.1, 0.15) is 19.8 Å². The van der Waals surface area contributed by atoms with Crippen LogP contribution in [0.4, 0.5) is 11.9 Å². The van der Waals surface area contributed by atoms with E-state index in [9.17, 15) is 0 Å². The number of aromatic nitrogens is 3. The molecule has 21 heavy (non-hydrogen) atoms. The van der Waals surface area contributed by atoms with Gasteiger partial charge in [-0.15, -0.1) is 0 Å². The van der Waals surface area contributed by atoms with Gasteiger partial charge in [-0.1, -0.05) is 0 Å². The molecule has 3 rings (SSSR count). The van der Waals surface area contributed by atoms with Gasteiger partial charge in [-0.05, 0) is 31.4 Å². The molecule has 2 saturated heterocycles. The fraction of sp³-hybridized carbons (Fsp3) is 0.769. The van der Waals surface area contributed by atoms with Crippen LogP contribution in [-0.2, 0) is 9.47 Å². The molecule has 0 aliphatic carbocycles. The van der Waals surface area contributed by atoms with Crippen LogP contribution in [0.2, 0.25) is 5.28 Å². The standard InChI is InChI=1S/C13H20ClN5O2/c1-9(10-3-2-6-21-10)15-12-16-11(14)17-13(18-12)19-4-7-20-8-5-19/h9-10H,2-8H2,1H3,(H,15,16,17,18). The van der Waals surface area contributed by atoms with Gasteiger partial charge in [-0.3, -0.25) is 0 Å². The first kappa shape index (κ1) is 14.7. The van der Waals surface area contributed by atoms with Crippen LogP contribution in [0.3, 0.4) is 0 Å². The van der Waals surface area contributed by atoms with Crippen molar-refractivity contribution in [1.82, 2.24) is 15.0 Å². The highest BCUT2D eigenvalue weighted by Gasteiger charge is 2.23. The highest BCUT2D eigenvalue weighted by Crippen LogP contribution is 2.20. The van der Waals surface area contributed by atoms with Crippen LogP contribution in [0, 0.1) is 0 Å². The second-order valence-corrected chi connectivity index (χ2v) is 5.65. The van der Waals surface area contributed by atoms with Crippen molar-refractivity contribution < 1.29 is 9.47 Å². The lowest BCUT2D eigenvalue weighted by atomic mass is 10.1. The summed E-state index contributed by atoms with van der Waals surface area (Å²) < 4.78 is 11.0. The van der Waals surface area contributed by atoms with E-state index in [1.165, 1.54) is 0 Å². The van der Waals surface area contributed by atoms with Crippen molar-refractivity contribution in [3.05, 3.63) is 5.28 Å². The number of ether oxygens (including phenoxy) is 2. The molecule has 2 fully saturated rings. The Labute approximate surface area is 129 Å². The maximum atomic E-state index is 6.02. The first-order valence-corrected chi connectivity index (χ1v) is 7.72. The number of rotatable bonds is 4. The summed E-state index contributed by atoms with van der Waals surface area (Å²) in [5.74, 6) is 1.10. The summed E-state index contributed by atoms with van der Waals surface area (Å²) >= 11 is 6.02. The van der Waals surface area contributed by atoms with Gasteiger partial charge in [0.25, 0.3) is 0 Å². The van der Waals surface area contributed by atoms with Crippen molar-refractivity contribution in [2.24, 2.45) is 0 Å². The molecule has 1 aromatic rings. The number of anilines is 2. The van der Waals surface area contributed by atoms with E-state index in [0.717, 1.165) is 32.5 Å². The fourth-order valence-electron chi connectivity index (χ4n) is 2.60. The number of nitrogens with one attached hydrogen (secondary N) is 1. The lowest BCUT2D eigenvalue weighted by Crippen LogP contribution is -2.38. The number of nitrogens with zero attached hydrogens (tertiary/aromatic N) is 4. The van der Waals surface area contributed by atoms with Gasteiger partial charge < -0.3 is 19.7 Å². The molecular formula is C13H20ClN5O2. The number of hydrogen-bond donors (Lipinski definition) is 1. The quantitative estimate of drug-likeness (QED) is 0.899. The Bertz CT molecular complexity index is 478. The molecule has 2 atom stereocenters. The molecule has 0 aromatic carbocycles. The Morgan fingerprint density at radius 2 is 2.05 bits per heavy atom. The highest BCUT2D eigenvalue weighted by molar-refractivity contribution is 6.28. The lowest BCUT2D eigenvalue weighted by molar-refractivity contribution is 0.0994. The normalized spacial score (nSPS) is 24.1. The largest absolute Gasteiger partial charge is 0.378 e. The molecule has 0 radical (unpaired) electrons. The van der Waals surface area contributed by atoms with Crippen molar-refractivity contribution in [1.29, 1.82) is 0 Å². The SMILES string of the molecule is CC(Nc1nc(Cl)nc(N2CCOCC2)n1)C1CCCO1. The summed E-state index contributed by atoms with van der Waals surface area (Å²) in [7, 11) is 0. The second-order valence-electron chi connectivity index (χ2n) is 5.31. The molecule has 0 spiro atoms. The van der Waals surface area contributed by atoms with E-state index in [4.69, 9.17) is 21.1 Å². The highest BCUT2D eigenvalue weighted by atomic mass is 35.5. The first-order valence-electron chi connectivity index (χ1n) is 7.35. The van der Waals surface area contributed by atoms with Crippen molar-refractivity contribution in [3.63, 3.8) is 0 Å². The average Bonchev–Trinajstić information content (AvgIpc) is 3.02. The summed E-state index contributed by atoms with van der Waals surface area (Å²) in [5, 5.41) is 3.48. The van der Waals surface area contributed by atoms with Crippen LogP contribution in [0.5, 0.6) is 0 Å².